The molecule has 0 radical (unpaired) electrons. The standard InChI is InChI=1S/C12H14N2O4S/c1-9(12(13)16)14-19(17,18)11-7-3-2-5-10(11)6-4-8-15/h2-3,5,7,9,14-15H,8H2,1H3,(H2,13,16). The smallest absolute Gasteiger partial charge is 0.242 e. The quantitative estimate of drug-likeness (QED) is 0.627. The Labute approximate surface area is 111 Å². The van der Waals surface area contributed by atoms with Crippen LogP contribution in [0.4, 0.5) is 0 Å². The third kappa shape index (κ3) is 4.06. The summed E-state index contributed by atoms with van der Waals surface area (Å²) in [4.78, 5) is 10.8. The molecule has 1 unspecified atom stereocenters. The van der Waals surface area contributed by atoms with Gasteiger partial charge in [0.1, 0.15) is 6.61 Å². The van der Waals surface area contributed by atoms with Gasteiger partial charge >= 0.3 is 0 Å². The van der Waals surface area contributed by atoms with E-state index < -0.39 is 22.0 Å². The summed E-state index contributed by atoms with van der Waals surface area (Å²) in [6.45, 7) is 0.974. The normalized spacial score (nSPS) is 12.3. The summed E-state index contributed by atoms with van der Waals surface area (Å²) in [5, 5.41) is 8.64. The minimum absolute atomic E-state index is 0.0657. The molecule has 0 saturated heterocycles. The lowest BCUT2D eigenvalue weighted by molar-refractivity contribution is -0.119. The van der Waals surface area contributed by atoms with Gasteiger partial charge in [-0.15, -0.1) is 0 Å². The van der Waals surface area contributed by atoms with Crippen LogP contribution < -0.4 is 10.5 Å². The maximum atomic E-state index is 12.1. The first-order chi connectivity index (χ1) is 8.88. The highest BCUT2D eigenvalue weighted by molar-refractivity contribution is 7.89. The zero-order chi connectivity index (χ0) is 14.5. The van der Waals surface area contributed by atoms with Crippen molar-refractivity contribution in [3.05, 3.63) is 29.8 Å². The van der Waals surface area contributed by atoms with Crippen LogP contribution in [0, 0.1) is 11.8 Å². The SMILES string of the molecule is CC(NS(=O)(=O)c1ccccc1C#CCO)C(N)=O. The van der Waals surface area contributed by atoms with E-state index in [9.17, 15) is 13.2 Å². The lowest BCUT2D eigenvalue weighted by Crippen LogP contribution is -2.42. The molecule has 0 aliphatic heterocycles. The highest BCUT2D eigenvalue weighted by Crippen LogP contribution is 2.14. The Morgan fingerprint density at radius 1 is 1.47 bits per heavy atom. The predicted molar refractivity (Wildman–Crippen MR) is 69.4 cm³/mol. The maximum Gasteiger partial charge on any atom is 0.242 e. The van der Waals surface area contributed by atoms with Crippen molar-refractivity contribution in [2.45, 2.75) is 17.9 Å². The summed E-state index contributed by atoms with van der Waals surface area (Å²) in [5.41, 5.74) is 5.25. The molecule has 19 heavy (non-hydrogen) atoms. The summed E-state index contributed by atoms with van der Waals surface area (Å²) in [7, 11) is -3.90. The summed E-state index contributed by atoms with van der Waals surface area (Å²) < 4.78 is 26.3. The summed E-state index contributed by atoms with van der Waals surface area (Å²) in [5.74, 6) is 4.14. The number of hydrogen-bond acceptors (Lipinski definition) is 4. The monoisotopic (exact) mass is 282 g/mol. The average molecular weight is 282 g/mol. The first-order valence-corrected chi connectivity index (χ1v) is 6.87. The van der Waals surface area contributed by atoms with Crippen LogP contribution in [0.25, 0.3) is 0 Å². The number of benzene rings is 1. The van der Waals surface area contributed by atoms with Crippen molar-refractivity contribution in [1.82, 2.24) is 4.72 Å². The van der Waals surface area contributed by atoms with Gasteiger partial charge in [-0.2, -0.15) is 4.72 Å². The van der Waals surface area contributed by atoms with E-state index in [0.29, 0.717) is 0 Å². The fourth-order valence-electron chi connectivity index (χ4n) is 1.29. The van der Waals surface area contributed by atoms with E-state index >= 15 is 0 Å². The van der Waals surface area contributed by atoms with E-state index in [1.165, 1.54) is 25.1 Å². The van der Waals surface area contributed by atoms with Crippen LogP contribution in [0.5, 0.6) is 0 Å². The maximum absolute atomic E-state index is 12.1. The zero-order valence-corrected chi connectivity index (χ0v) is 11.1. The predicted octanol–water partition coefficient (Wildman–Crippen LogP) is -0.818. The van der Waals surface area contributed by atoms with Gasteiger partial charge in [0.25, 0.3) is 0 Å². The van der Waals surface area contributed by atoms with Crippen molar-refractivity contribution in [1.29, 1.82) is 0 Å². The second kappa shape index (κ2) is 6.33. The lowest BCUT2D eigenvalue weighted by atomic mass is 10.2. The van der Waals surface area contributed by atoms with E-state index in [2.05, 4.69) is 16.6 Å². The topological polar surface area (TPSA) is 109 Å². The number of aliphatic hydroxyl groups excluding tert-OH is 1. The van der Waals surface area contributed by atoms with Crippen molar-refractivity contribution in [3.63, 3.8) is 0 Å². The van der Waals surface area contributed by atoms with Crippen molar-refractivity contribution < 1.29 is 18.3 Å². The van der Waals surface area contributed by atoms with Gasteiger partial charge in [0.15, 0.2) is 0 Å². The Hall–Kier alpha value is -1.88. The molecule has 4 N–H and O–H groups in total. The number of primary amides is 1. The van der Waals surface area contributed by atoms with Crippen molar-refractivity contribution in [3.8, 4) is 11.8 Å². The number of aliphatic hydroxyl groups is 1. The van der Waals surface area contributed by atoms with Crippen molar-refractivity contribution in [2.75, 3.05) is 6.61 Å². The van der Waals surface area contributed by atoms with Crippen LogP contribution in [-0.4, -0.2) is 32.1 Å². The van der Waals surface area contributed by atoms with Gasteiger partial charge in [-0.05, 0) is 19.1 Å². The molecule has 1 amide bonds. The summed E-state index contributed by atoms with van der Waals surface area (Å²) in [6, 6.07) is 5.00. The van der Waals surface area contributed by atoms with Gasteiger partial charge in [0, 0.05) is 5.56 Å². The zero-order valence-electron chi connectivity index (χ0n) is 10.3. The third-order valence-corrected chi connectivity index (χ3v) is 3.84. The molecule has 1 aromatic carbocycles. The van der Waals surface area contributed by atoms with Crippen molar-refractivity contribution >= 4 is 15.9 Å². The number of nitrogens with two attached hydrogens (primary N) is 1. The van der Waals surface area contributed by atoms with Gasteiger partial charge in [-0.25, -0.2) is 8.42 Å². The van der Waals surface area contributed by atoms with Crippen LogP contribution in [0.1, 0.15) is 12.5 Å². The fourth-order valence-corrected chi connectivity index (χ4v) is 2.67. The number of hydrogen-bond donors (Lipinski definition) is 3. The van der Waals surface area contributed by atoms with Crippen molar-refractivity contribution in [2.24, 2.45) is 5.73 Å². The average Bonchev–Trinajstić information content (AvgIpc) is 2.36. The van der Waals surface area contributed by atoms with E-state index in [-0.39, 0.29) is 17.1 Å². The number of nitrogens with one attached hydrogen (secondary N) is 1. The van der Waals surface area contributed by atoms with Crippen LogP contribution in [0.2, 0.25) is 0 Å². The third-order valence-electron chi connectivity index (χ3n) is 2.24. The fraction of sp³-hybridized carbons (Fsp3) is 0.250. The molecule has 1 aromatic rings. The molecule has 0 heterocycles. The molecular formula is C12H14N2O4S. The van der Waals surface area contributed by atoms with Gasteiger partial charge < -0.3 is 10.8 Å². The van der Waals surface area contributed by atoms with Crippen LogP contribution >= 0.6 is 0 Å². The van der Waals surface area contributed by atoms with Crippen LogP contribution in [0.3, 0.4) is 0 Å². The molecule has 0 bridgehead atoms. The molecule has 102 valence electrons. The van der Waals surface area contributed by atoms with E-state index in [1.54, 1.807) is 6.07 Å². The Morgan fingerprint density at radius 2 is 2.11 bits per heavy atom. The molecule has 0 aliphatic carbocycles. The highest BCUT2D eigenvalue weighted by atomic mass is 32.2. The van der Waals surface area contributed by atoms with Crippen LogP contribution in [0.15, 0.2) is 29.2 Å². The number of rotatable bonds is 4. The molecular weight excluding hydrogens is 268 g/mol. The van der Waals surface area contributed by atoms with Gasteiger partial charge in [-0.3, -0.25) is 4.79 Å². The molecule has 6 nitrogen and oxygen atoms in total. The molecule has 0 aliphatic rings. The largest absolute Gasteiger partial charge is 0.384 e. The van der Waals surface area contributed by atoms with Crippen LogP contribution in [-0.2, 0) is 14.8 Å². The molecule has 0 saturated carbocycles. The summed E-state index contributed by atoms with van der Waals surface area (Å²) in [6.07, 6.45) is 0. The Bertz CT molecular complexity index is 629. The van der Waals surface area contributed by atoms with Gasteiger partial charge in [0.05, 0.1) is 10.9 Å². The Kier molecular flexibility index (Phi) is 5.06. The highest BCUT2D eigenvalue weighted by Gasteiger charge is 2.22. The van der Waals surface area contributed by atoms with E-state index in [0.717, 1.165) is 0 Å². The second-order valence-corrected chi connectivity index (χ2v) is 5.38. The lowest BCUT2D eigenvalue weighted by Gasteiger charge is -2.12. The van der Waals surface area contributed by atoms with E-state index in [1.807, 2.05) is 0 Å². The molecule has 0 aromatic heterocycles. The minimum atomic E-state index is -3.90. The summed E-state index contributed by atoms with van der Waals surface area (Å²) >= 11 is 0. The van der Waals surface area contributed by atoms with E-state index in [4.69, 9.17) is 10.8 Å². The Morgan fingerprint density at radius 3 is 2.68 bits per heavy atom. The molecule has 7 heteroatoms. The molecule has 1 rings (SSSR count). The Balaban J connectivity index is 3.18. The first kappa shape index (κ1) is 15.2. The first-order valence-electron chi connectivity index (χ1n) is 5.39. The molecule has 0 spiro atoms. The molecule has 0 fully saturated rings. The number of carbonyl (C=O) groups is 1. The minimum Gasteiger partial charge on any atom is -0.384 e. The second-order valence-electron chi connectivity index (χ2n) is 3.70. The van der Waals surface area contributed by atoms with Gasteiger partial charge in [0.2, 0.25) is 15.9 Å². The number of carbonyl (C=O) groups excluding carboxylic acids is 1. The number of amides is 1. The molecule has 1 atom stereocenters. The number of sulfonamides is 1. The van der Waals surface area contributed by atoms with Gasteiger partial charge in [-0.1, -0.05) is 24.0 Å².